The smallest absolute Gasteiger partial charge is 0.390 e. The van der Waals surface area contributed by atoms with Gasteiger partial charge >= 0.3 is 7.82 Å². The average Bonchev–Trinajstić information content (AvgIpc) is 3.71. The first-order valence-corrected chi connectivity index (χ1v) is 20.4. The molecule has 0 amide bonds. The maximum atomic E-state index is 14.2. The topological polar surface area (TPSA) is 174 Å². The van der Waals surface area contributed by atoms with Gasteiger partial charge in [-0.05, 0) is 43.2 Å². The number of nitriles is 1. The molecule has 4 rings (SSSR count). The predicted molar refractivity (Wildman–Crippen MR) is 200 cm³/mol. The number of hydrogen-bond acceptors (Lipinski definition) is 10. The Kier molecular flexibility index (Phi) is 17.2. The summed E-state index contributed by atoms with van der Waals surface area (Å²) in [4.78, 5) is 14.5. The van der Waals surface area contributed by atoms with E-state index in [1.807, 2.05) is 0 Å². The summed E-state index contributed by atoms with van der Waals surface area (Å²) in [6.45, 7) is 3.25. The Morgan fingerprint density at radius 1 is 1.08 bits per heavy atom. The van der Waals surface area contributed by atoms with E-state index in [0.717, 1.165) is 19.3 Å². The van der Waals surface area contributed by atoms with Crippen LogP contribution in [0.3, 0.4) is 0 Å². The van der Waals surface area contributed by atoms with E-state index in [0.29, 0.717) is 22.6 Å². The van der Waals surface area contributed by atoms with E-state index in [2.05, 4.69) is 28.8 Å². The van der Waals surface area contributed by atoms with Crippen LogP contribution in [0.1, 0.15) is 127 Å². The van der Waals surface area contributed by atoms with Crippen LogP contribution in [0.5, 0.6) is 0 Å². The minimum atomic E-state index is -4.62. The van der Waals surface area contributed by atoms with Gasteiger partial charge in [-0.15, -0.1) is 11.8 Å². The van der Waals surface area contributed by atoms with E-state index in [1.54, 1.807) is 35.7 Å². The zero-order chi connectivity index (χ0) is 38.1. The molecule has 0 aliphatic carbocycles. The lowest BCUT2D eigenvalue weighted by Gasteiger charge is -2.24. The van der Waals surface area contributed by atoms with E-state index >= 15 is 0 Å². The van der Waals surface area contributed by atoms with Crippen LogP contribution < -0.4 is 5.73 Å². The normalized spacial score (nSPS) is 20.2. The molecule has 1 aliphatic heterocycles. The molecule has 290 valence electrons. The molecule has 0 saturated carbocycles. The molecule has 1 aromatic carbocycles. The van der Waals surface area contributed by atoms with Gasteiger partial charge in [0, 0.05) is 19.3 Å². The number of nitrogen functional groups attached to an aromatic ring is 1. The molecule has 53 heavy (non-hydrogen) atoms. The first-order valence-electron chi connectivity index (χ1n) is 18.9. The summed E-state index contributed by atoms with van der Waals surface area (Å²) < 4.78 is 51.4. The summed E-state index contributed by atoms with van der Waals surface area (Å²) >= 11 is 0. The van der Waals surface area contributed by atoms with Gasteiger partial charge in [-0.1, -0.05) is 83.6 Å². The third-order valence-electron chi connectivity index (χ3n) is 9.54. The molecular formula is C39H55FN5O7P. The third kappa shape index (κ3) is 13.4. The Labute approximate surface area is 312 Å². The van der Waals surface area contributed by atoms with Gasteiger partial charge in [-0.25, -0.2) is 18.5 Å². The molecule has 0 spiro atoms. The van der Waals surface area contributed by atoms with E-state index in [1.165, 1.54) is 82.7 Å². The molecule has 12 nitrogen and oxygen atoms in total. The lowest BCUT2D eigenvalue weighted by molar-refractivity contribution is -0.0709. The van der Waals surface area contributed by atoms with Crippen molar-refractivity contribution in [2.45, 2.75) is 141 Å². The highest BCUT2D eigenvalue weighted by atomic mass is 31.2. The van der Waals surface area contributed by atoms with Crippen molar-refractivity contribution >= 4 is 19.2 Å². The van der Waals surface area contributed by atoms with Gasteiger partial charge in [-0.3, -0.25) is 9.05 Å². The lowest BCUT2D eigenvalue weighted by Crippen LogP contribution is -2.28. The summed E-state index contributed by atoms with van der Waals surface area (Å²) in [5, 5.41) is 24.1. The number of hydrogen-bond donors (Lipinski definition) is 3. The highest BCUT2D eigenvalue weighted by Gasteiger charge is 2.46. The monoisotopic (exact) mass is 755 g/mol. The van der Waals surface area contributed by atoms with Crippen LogP contribution in [0.25, 0.3) is 5.52 Å². The third-order valence-corrected chi connectivity index (χ3v) is 10.5. The lowest BCUT2D eigenvalue weighted by atomic mass is 9.97. The molecule has 1 aliphatic rings. The van der Waals surface area contributed by atoms with Crippen LogP contribution in [0.2, 0.25) is 0 Å². The second kappa shape index (κ2) is 21.5. The van der Waals surface area contributed by atoms with Crippen LogP contribution in [0, 0.1) is 29.0 Å². The average molecular weight is 756 g/mol. The van der Waals surface area contributed by atoms with E-state index in [4.69, 9.17) is 29.5 Å². The number of fused-ring (bicyclic) bond motifs is 1. The molecule has 3 heterocycles. The molecule has 0 bridgehead atoms. The van der Waals surface area contributed by atoms with Crippen LogP contribution in [-0.2, 0) is 35.3 Å². The molecule has 3 aromatic rings. The number of rotatable bonds is 23. The van der Waals surface area contributed by atoms with Crippen molar-refractivity contribution < 1.29 is 37.5 Å². The fourth-order valence-electron chi connectivity index (χ4n) is 6.48. The summed E-state index contributed by atoms with van der Waals surface area (Å²) in [5.41, 5.74) is 6.60. The Bertz CT molecular complexity index is 1740. The van der Waals surface area contributed by atoms with Crippen molar-refractivity contribution in [3.63, 3.8) is 0 Å². The summed E-state index contributed by atoms with van der Waals surface area (Å²) in [7, 11) is -4.62. The zero-order valence-electron chi connectivity index (χ0n) is 31.1. The summed E-state index contributed by atoms with van der Waals surface area (Å²) in [5.74, 6) is 5.89. The number of ether oxygens (including phenoxy) is 2. The molecule has 5 atom stereocenters. The molecule has 1 fully saturated rings. The van der Waals surface area contributed by atoms with Crippen LogP contribution in [0.4, 0.5) is 10.2 Å². The number of unbranched alkanes of at least 4 members (excludes halogenated alkanes) is 12. The van der Waals surface area contributed by atoms with Crippen LogP contribution >= 0.6 is 7.82 Å². The number of nitrogens with zero attached hydrogens (tertiary/aromatic N) is 4. The zero-order valence-corrected chi connectivity index (χ0v) is 31.9. The molecular weight excluding hydrogens is 700 g/mol. The van der Waals surface area contributed by atoms with Gasteiger partial charge in [0.2, 0.25) is 0 Å². The fraction of sp³-hybridized carbons (Fsp3) is 0.615. The van der Waals surface area contributed by atoms with Gasteiger partial charge in [0.15, 0.2) is 5.82 Å². The highest BCUT2D eigenvalue weighted by molar-refractivity contribution is 7.47. The summed E-state index contributed by atoms with van der Waals surface area (Å²) in [6.07, 6.45) is 14.9. The van der Waals surface area contributed by atoms with Crippen molar-refractivity contribution in [1.29, 1.82) is 5.26 Å². The van der Waals surface area contributed by atoms with Crippen molar-refractivity contribution in [3.05, 3.63) is 59.3 Å². The number of aliphatic hydroxyl groups excluding tert-OH is 1. The standard InChI is InChI=1S/C39H55FN5O7P/c1-3-4-5-6-7-8-9-10-11-12-13-14-15-16-17-18-32(49-26-30-19-20-31(25-41)33(40)23-30)27-50-53(47,48)51-28-36-35(46)24-39(2,52-36)37-22-21-34-38(42)43-29-44-45(34)37/h19-23,29,32,35-36,46H,3-15,18,24,26-28H2,1-2H3,(H,47,48)(H2,42,43,44)/t32-,35+,36-,39-/m1/s1. The number of phosphoric ester groups is 1. The van der Waals surface area contributed by atoms with Gasteiger partial charge in [-0.2, -0.15) is 10.4 Å². The number of anilines is 1. The minimum absolute atomic E-state index is 0.0284. The second-order valence-corrected chi connectivity index (χ2v) is 15.4. The molecule has 1 unspecified atom stereocenters. The number of aliphatic hydroxyl groups is 1. The molecule has 4 N–H and O–H groups in total. The first kappa shape index (κ1) is 42.4. The molecule has 0 radical (unpaired) electrons. The fourth-order valence-corrected chi connectivity index (χ4v) is 7.25. The number of benzene rings is 1. The first-order chi connectivity index (χ1) is 25.5. The number of aromatic nitrogens is 3. The molecule has 1 saturated heterocycles. The quantitative estimate of drug-likeness (QED) is 0.0488. The molecule has 14 heteroatoms. The minimum Gasteiger partial charge on any atom is -0.390 e. The van der Waals surface area contributed by atoms with Gasteiger partial charge in [0.25, 0.3) is 0 Å². The Morgan fingerprint density at radius 3 is 2.45 bits per heavy atom. The van der Waals surface area contributed by atoms with Crippen molar-refractivity contribution in [2.75, 3.05) is 18.9 Å². The van der Waals surface area contributed by atoms with Crippen molar-refractivity contribution in [1.82, 2.24) is 14.6 Å². The van der Waals surface area contributed by atoms with E-state index in [9.17, 15) is 19.0 Å². The Morgan fingerprint density at radius 2 is 1.77 bits per heavy atom. The van der Waals surface area contributed by atoms with E-state index in [-0.39, 0.29) is 31.6 Å². The maximum Gasteiger partial charge on any atom is 0.472 e. The second-order valence-electron chi connectivity index (χ2n) is 13.9. The number of nitrogens with two attached hydrogens (primary N) is 1. The molecule has 2 aromatic heterocycles. The number of phosphoric acid groups is 1. The van der Waals surface area contributed by atoms with E-state index < -0.39 is 44.2 Å². The SMILES string of the molecule is CCCCCCCCCCCCCCC#CC[C@H](COP(=O)(O)OC[C@H]1O[C@@](C)(c2ccc3c(N)ncnn23)C[C@@H]1O)OCc1ccc(C#N)c(F)c1. The Balaban J connectivity index is 1.23. The Hall–Kier alpha value is -3.39. The number of halogens is 1. The largest absolute Gasteiger partial charge is 0.472 e. The van der Waals surface area contributed by atoms with Gasteiger partial charge in [0.05, 0.1) is 43.3 Å². The van der Waals surface area contributed by atoms with Gasteiger partial charge in [0.1, 0.15) is 35.4 Å². The summed E-state index contributed by atoms with van der Waals surface area (Å²) in [6, 6.07) is 9.50. The van der Waals surface area contributed by atoms with Crippen molar-refractivity contribution in [2.24, 2.45) is 0 Å². The van der Waals surface area contributed by atoms with Crippen LogP contribution in [-0.4, -0.2) is 56.1 Å². The van der Waals surface area contributed by atoms with Crippen molar-refractivity contribution in [3.8, 4) is 17.9 Å². The van der Waals surface area contributed by atoms with Gasteiger partial charge < -0.3 is 25.2 Å². The predicted octanol–water partition coefficient (Wildman–Crippen LogP) is 7.89. The highest BCUT2D eigenvalue weighted by Crippen LogP contribution is 2.46. The maximum absolute atomic E-state index is 14.2. The van der Waals surface area contributed by atoms with Crippen LogP contribution in [0.15, 0.2) is 36.7 Å².